The van der Waals surface area contributed by atoms with Crippen molar-refractivity contribution >= 4 is 17.5 Å². The number of rotatable bonds is 6. The molecule has 0 aliphatic carbocycles. The summed E-state index contributed by atoms with van der Waals surface area (Å²) in [6.07, 6.45) is 0.395. The molecule has 0 aliphatic rings. The Morgan fingerprint density at radius 1 is 1.15 bits per heavy atom. The second-order valence-electron chi connectivity index (χ2n) is 5.30. The summed E-state index contributed by atoms with van der Waals surface area (Å²) in [7, 11) is 0. The number of nitrogens with two attached hydrogens (primary N) is 1. The molecule has 0 aromatic heterocycles. The third-order valence-electron chi connectivity index (χ3n) is 2.79. The summed E-state index contributed by atoms with van der Waals surface area (Å²) in [5.41, 5.74) is 6.74. The quantitative estimate of drug-likeness (QED) is 0.740. The third-order valence-corrected chi connectivity index (χ3v) is 2.79. The summed E-state index contributed by atoms with van der Waals surface area (Å²) < 4.78 is 0. The van der Waals surface area contributed by atoms with E-state index in [2.05, 4.69) is 10.6 Å². The number of hydrogen-bond donors (Lipinski definition) is 3. The highest BCUT2D eigenvalue weighted by Gasteiger charge is 2.09. The highest BCUT2D eigenvalue weighted by Crippen LogP contribution is 2.11. The Labute approximate surface area is 119 Å². The van der Waals surface area contributed by atoms with E-state index in [0.717, 1.165) is 0 Å². The van der Waals surface area contributed by atoms with Gasteiger partial charge in [0.25, 0.3) is 5.91 Å². The first-order valence-corrected chi connectivity index (χ1v) is 6.83. The molecule has 1 aromatic rings. The van der Waals surface area contributed by atoms with E-state index >= 15 is 0 Å². The van der Waals surface area contributed by atoms with Gasteiger partial charge in [0.2, 0.25) is 5.91 Å². The van der Waals surface area contributed by atoms with Crippen molar-refractivity contribution in [2.75, 3.05) is 11.9 Å². The van der Waals surface area contributed by atoms with Gasteiger partial charge in [0.1, 0.15) is 0 Å². The highest BCUT2D eigenvalue weighted by molar-refractivity contribution is 5.95. The Hall–Kier alpha value is -1.88. The zero-order valence-electron chi connectivity index (χ0n) is 12.3. The van der Waals surface area contributed by atoms with E-state index < -0.39 is 0 Å². The van der Waals surface area contributed by atoms with E-state index in [9.17, 15) is 9.59 Å². The standard InChI is InChI=1S/C15H23N3O2/c1-10(2)17-15(20)12-4-6-13(7-5-12)18-14(19)8-11(3)9-16/h4-7,10-11H,8-9,16H2,1-3H3,(H,17,20)(H,18,19). The summed E-state index contributed by atoms with van der Waals surface area (Å²) in [5, 5.41) is 5.60. The Balaban J connectivity index is 2.58. The predicted molar refractivity (Wildman–Crippen MR) is 80.5 cm³/mol. The summed E-state index contributed by atoms with van der Waals surface area (Å²) in [6.45, 7) is 6.23. The molecule has 0 fully saturated rings. The van der Waals surface area contributed by atoms with Gasteiger partial charge in [-0.3, -0.25) is 9.59 Å². The molecule has 1 atom stereocenters. The van der Waals surface area contributed by atoms with Gasteiger partial charge in [-0.05, 0) is 50.6 Å². The van der Waals surface area contributed by atoms with Crippen LogP contribution in [0.3, 0.4) is 0 Å². The minimum absolute atomic E-state index is 0.0673. The van der Waals surface area contributed by atoms with Crippen LogP contribution in [0.25, 0.3) is 0 Å². The second kappa shape index (κ2) is 7.65. The van der Waals surface area contributed by atoms with Crippen molar-refractivity contribution in [1.29, 1.82) is 0 Å². The first-order valence-electron chi connectivity index (χ1n) is 6.83. The fourth-order valence-corrected chi connectivity index (χ4v) is 1.66. The average molecular weight is 277 g/mol. The summed E-state index contributed by atoms with van der Waals surface area (Å²) in [4.78, 5) is 23.5. The number of carbonyl (C=O) groups is 2. The van der Waals surface area contributed by atoms with Crippen LogP contribution in [0.2, 0.25) is 0 Å². The van der Waals surface area contributed by atoms with Crippen molar-refractivity contribution in [2.45, 2.75) is 33.2 Å². The van der Waals surface area contributed by atoms with Gasteiger partial charge in [-0.15, -0.1) is 0 Å². The van der Waals surface area contributed by atoms with Crippen molar-refractivity contribution < 1.29 is 9.59 Å². The van der Waals surface area contributed by atoms with Gasteiger partial charge in [-0.1, -0.05) is 6.92 Å². The van der Waals surface area contributed by atoms with Crippen molar-refractivity contribution in [2.24, 2.45) is 11.7 Å². The lowest BCUT2D eigenvalue weighted by Crippen LogP contribution is -2.30. The maximum atomic E-state index is 11.8. The number of hydrogen-bond acceptors (Lipinski definition) is 3. The summed E-state index contributed by atoms with van der Waals surface area (Å²) in [6, 6.07) is 6.93. The van der Waals surface area contributed by atoms with E-state index in [1.165, 1.54) is 0 Å². The van der Waals surface area contributed by atoms with Crippen molar-refractivity contribution in [1.82, 2.24) is 5.32 Å². The zero-order valence-corrected chi connectivity index (χ0v) is 12.3. The van der Waals surface area contributed by atoms with Crippen molar-refractivity contribution in [3.63, 3.8) is 0 Å². The smallest absolute Gasteiger partial charge is 0.251 e. The maximum Gasteiger partial charge on any atom is 0.251 e. The lowest BCUT2D eigenvalue weighted by atomic mass is 10.1. The molecule has 1 unspecified atom stereocenters. The largest absolute Gasteiger partial charge is 0.350 e. The lowest BCUT2D eigenvalue weighted by molar-refractivity contribution is -0.116. The monoisotopic (exact) mass is 277 g/mol. The van der Waals surface area contributed by atoms with Gasteiger partial charge in [0.15, 0.2) is 0 Å². The van der Waals surface area contributed by atoms with Gasteiger partial charge >= 0.3 is 0 Å². The molecule has 0 saturated heterocycles. The number of nitrogens with one attached hydrogen (secondary N) is 2. The average Bonchev–Trinajstić information content (AvgIpc) is 2.38. The van der Waals surface area contributed by atoms with E-state index in [0.29, 0.717) is 24.2 Å². The predicted octanol–water partition coefficient (Wildman–Crippen LogP) is 1.75. The first kappa shape index (κ1) is 16.2. The van der Waals surface area contributed by atoms with Crippen molar-refractivity contribution in [3.8, 4) is 0 Å². The molecule has 1 rings (SSSR count). The Kier molecular flexibility index (Phi) is 6.18. The molecule has 5 heteroatoms. The molecule has 20 heavy (non-hydrogen) atoms. The molecule has 0 heterocycles. The molecule has 0 aliphatic heterocycles. The maximum absolute atomic E-state index is 11.8. The van der Waals surface area contributed by atoms with E-state index in [4.69, 9.17) is 5.73 Å². The van der Waals surface area contributed by atoms with Crippen molar-refractivity contribution in [3.05, 3.63) is 29.8 Å². The van der Waals surface area contributed by atoms with Crippen LogP contribution >= 0.6 is 0 Å². The molecule has 4 N–H and O–H groups in total. The van der Waals surface area contributed by atoms with E-state index in [1.807, 2.05) is 20.8 Å². The van der Waals surface area contributed by atoms with Crippen LogP contribution in [-0.4, -0.2) is 24.4 Å². The van der Waals surface area contributed by atoms with Gasteiger partial charge in [-0.25, -0.2) is 0 Å². The SMILES string of the molecule is CC(CN)CC(=O)Nc1ccc(C(=O)NC(C)C)cc1. The highest BCUT2D eigenvalue weighted by atomic mass is 16.2. The number of anilines is 1. The molecule has 110 valence electrons. The van der Waals surface area contributed by atoms with Crippen LogP contribution < -0.4 is 16.4 Å². The normalized spacial score (nSPS) is 12.1. The Morgan fingerprint density at radius 2 is 1.75 bits per heavy atom. The van der Waals surface area contributed by atoms with E-state index in [1.54, 1.807) is 24.3 Å². The fraction of sp³-hybridized carbons (Fsp3) is 0.467. The minimum Gasteiger partial charge on any atom is -0.350 e. The minimum atomic E-state index is -0.116. The van der Waals surface area contributed by atoms with Crippen LogP contribution in [0.4, 0.5) is 5.69 Å². The molecule has 0 radical (unpaired) electrons. The number of benzene rings is 1. The van der Waals surface area contributed by atoms with Gasteiger partial charge in [0.05, 0.1) is 0 Å². The Morgan fingerprint density at radius 3 is 2.25 bits per heavy atom. The molecule has 0 saturated carbocycles. The van der Waals surface area contributed by atoms with Gasteiger partial charge in [-0.2, -0.15) is 0 Å². The molecule has 5 nitrogen and oxygen atoms in total. The lowest BCUT2D eigenvalue weighted by Gasteiger charge is -2.11. The Bertz CT molecular complexity index is 455. The third kappa shape index (κ3) is 5.40. The zero-order chi connectivity index (χ0) is 15.1. The molecular formula is C15H23N3O2. The van der Waals surface area contributed by atoms with Crippen LogP contribution in [0.1, 0.15) is 37.6 Å². The molecule has 0 spiro atoms. The second-order valence-corrected chi connectivity index (χ2v) is 5.30. The van der Waals surface area contributed by atoms with Gasteiger partial charge in [0, 0.05) is 23.7 Å². The van der Waals surface area contributed by atoms with Crippen LogP contribution in [0.5, 0.6) is 0 Å². The van der Waals surface area contributed by atoms with Crippen LogP contribution in [0, 0.1) is 5.92 Å². The first-order chi connectivity index (χ1) is 9.42. The van der Waals surface area contributed by atoms with Crippen LogP contribution in [0.15, 0.2) is 24.3 Å². The molecule has 2 amide bonds. The number of amides is 2. The number of carbonyl (C=O) groups excluding carboxylic acids is 2. The van der Waals surface area contributed by atoms with E-state index in [-0.39, 0.29) is 23.8 Å². The molecule has 0 bridgehead atoms. The summed E-state index contributed by atoms with van der Waals surface area (Å²) >= 11 is 0. The molecular weight excluding hydrogens is 254 g/mol. The van der Waals surface area contributed by atoms with Gasteiger partial charge < -0.3 is 16.4 Å². The fourth-order valence-electron chi connectivity index (χ4n) is 1.66. The van der Waals surface area contributed by atoms with Crippen LogP contribution in [-0.2, 0) is 4.79 Å². The molecule has 1 aromatic carbocycles. The topological polar surface area (TPSA) is 84.2 Å². The summed E-state index contributed by atoms with van der Waals surface area (Å²) in [5.74, 6) is -0.0249.